The van der Waals surface area contributed by atoms with Gasteiger partial charge in [0.1, 0.15) is 0 Å². The maximum absolute atomic E-state index is 13.1. The number of carbonyl (C=O) groups is 1. The van der Waals surface area contributed by atoms with E-state index in [0.717, 1.165) is 25.7 Å². The number of likely N-dealkylation sites (N-methyl/N-ethyl adjacent to an activating group) is 1. The second-order valence-electron chi connectivity index (χ2n) is 7.82. The highest BCUT2D eigenvalue weighted by atomic mass is 32.2. The van der Waals surface area contributed by atoms with E-state index >= 15 is 0 Å². The van der Waals surface area contributed by atoms with Gasteiger partial charge < -0.3 is 4.90 Å². The molecule has 1 heterocycles. The Balaban J connectivity index is 1.64. The van der Waals surface area contributed by atoms with Crippen molar-refractivity contribution in [2.75, 3.05) is 31.4 Å². The van der Waals surface area contributed by atoms with E-state index in [9.17, 15) is 13.2 Å². The van der Waals surface area contributed by atoms with Gasteiger partial charge in [-0.3, -0.25) is 9.69 Å². The summed E-state index contributed by atoms with van der Waals surface area (Å²) >= 11 is 1.72. The highest BCUT2D eigenvalue weighted by Gasteiger charge is 2.39. The minimum absolute atomic E-state index is 0.0761. The number of rotatable bonds is 7. The van der Waals surface area contributed by atoms with Crippen molar-refractivity contribution in [2.24, 2.45) is 0 Å². The van der Waals surface area contributed by atoms with Crippen LogP contribution < -0.4 is 0 Å². The molecule has 0 spiro atoms. The molecule has 0 unspecified atom stereocenters. The van der Waals surface area contributed by atoms with Crippen LogP contribution in [-0.2, 0) is 21.2 Å². The molecular formula is C20H30N2O3S2. The quantitative estimate of drug-likeness (QED) is 0.647. The lowest BCUT2D eigenvalue weighted by molar-refractivity contribution is -0.136. The van der Waals surface area contributed by atoms with Gasteiger partial charge in [-0.25, -0.2) is 8.42 Å². The van der Waals surface area contributed by atoms with Crippen molar-refractivity contribution in [3.05, 3.63) is 29.8 Å². The zero-order valence-corrected chi connectivity index (χ0v) is 17.9. The van der Waals surface area contributed by atoms with Crippen LogP contribution in [0.2, 0.25) is 0 Å². The van der Waals surface area contributed by atoms with E-state index in [0.29, 0.717) is 19.5 Å². The van der Waals surface area contributed by atoms with E-state index in [1.165, 1.54) is 10.5 Å². The summed E-state index contributed by atoms with van der Waals surface area (Å²) < 4.78 is 23.9. The molecule has 150 valence electrons. The summed E-state index contributed by atoms with van der Waals surface area (Å²) in [5, 5.41) is 0. The number of carbonyl (C=O) groups excluding carboxylic acids is 1. The number of thioether (sulfide) groups is 1. The van der Waals surface area contributed by atoms with Gasteiger partial charge in [-0.1, -0.05) is 25.0 Å². The third-order valence-corrected chi connectivity index (χ3v) is 8.12. The molecule has 7 heteroatoms. The molecule has 1 amide bonds. The van der Waals surface area contributed by atoms with Gasteiger partial charge in [-0.15, -0.1) is 11.8 Å². The zero-order valence-electron chi connectivity index (χ0n) is 16.3. The topological polar surface area (TPSA) is 57.7 Å². The van der Waals surface area contributed by atoms with Crippen LogP contribution in [0.3, 0.4) is 0 Å². The van der Waals surface area contributed by atoms with Crippen LogP contribution in [0.5, 0.6) is 0 Å². The van der Waals surface area contributed by atoms with Gasteiger partial charge in [0, 0.05) is 23.5 Å². The van der Waals surface area contributed by atoms with Gasteiger partial charge in [0.25, 0.3) is 0 Å². The summed E-state index contributed by atoms with van der Waals surface area (Å²) in [5.74, 6) is 0.424. The first-order chi connectivity index (χ1) is 12.9. The molecule has 27 heavy (non-hydrogen) atoms. The molecule has 0 N–H and O–H groups in total. The Bertz CT molecular complexity index is 743. The van der Waals surface area contributed by atoms with Crippen molar-refractivity contribution in [1.29, 1.82) is 0 Å². The molecule has 1 aromatic carbocycles. The Morgan fingerprint density at radius 1 is 1.11 bits per heavy atom. The first kappa shape index (κ1) is 20.7. The lowest BCUT2D eigenvalue weighted by Crippen LogP contribution is -2.50. The number of benzene rings is 1. The second-order valence-corrected chi connectivity index (χ2v) is 10.9. The van der Waals surface area contributed by atoms with E-state index < -0.39 is 9.84 Å². The summed E-state index contributed by atoms with van der Waals surface area (Å²) in [6.07, 6.45) is 6.91. The summed E-state index contributed by atoms with van der Waals surface area (Å²) in [5.41, 5.74) is 1.18. The molecule has 1 saturated heterocycles. The molecule has 1 atom stereocenters. The van der Waals surface area contributed by atoms with Crippen LogP contribution in [0.25, 0.3) is 0 Å². The Hall–Kier alpha value is -1.05. The summed E-state index contributed by atoms with van der Waals surface area (Å²) in [6, 6.07) is 8.48. The maximum atomic E-state index is 13.1. The minimum atomic E-state index is -3.00. The third-order valence-electron chi connectivity index (χ3n) is 5.62. The first-order valence-electron chi connectivity index (χ1n) is 9.71. The molecule has 2 aliphatic rings. The van der Waals surface area contributed by atoms with Gasteiger partial charge >= 0.3 is 0 Å². The largest absolute Gasteiger partial charge is 0.335 e. The minimum Gasteiger partial charge on any atom is -0.335 e. The van der Waals surface area contributed by atoms with Crippen LogP contribution in [0.15, 0.2) is 29.2 Å². The number of hydrogen-bond acceptors (Lipinski definition) is 5. The van der Waals surface area contributed by atoms with E-state index in [-0.39, 0.29) is 29.5 Å². The van der Waals surface area contributed by atoms with E-state index in [4.69, 9.17) is 0 Å². The van der Waals surface area contributed by atoms with Crippen molar-refractivity contribution in [2.45, 2.75) is 55.6 Å². The Labute approximate surface area is 167 Å². The SMILES string of the molecule is CSc1ccc(CN(C)CC(=O)N(C2CCCC2)[C@@H]2CCS(=O)(=O)C2)cc1. The lowest BCUT2D eigenvalue weighted by Gasteiger charge is -2.35. The molecule has 0 aromatic heterocycles. The highest BCUT2D eigenvalue weighted by molar-refractivity contribution is 7.98. The summed E-state index contributed by atoms with van der Waals surface area (Å²) in [4.78, 5) is 18.3. The van der Waals surface area contributed by atoms with Gasteiger partial charge in [0.05, 0.1) is 18.1 Å². The summed E-state index contributed by atoms with van der Waals surface area (Å²) in [6.45, 7) is 1.04. The maximum Gasteiger partial charge on any atom is 0.237 e. The Morgan fingerprint density at radius 2 is 1.78 bits per heavy atom. The molecule has 2 fully saturated rings. The summed E-state index contributed by atoms with van der Waals surface area (Å²) in [7, 11) is -1.04. The third kappa shape index (κ3) is 5.48. The molecule has 0 bridgehead atoms. The zero-order chi connectivity index (χ0) is 19.4. The van der Waals surface area contributed by atoms with E-state index in [2.05, 4.69) is 30.5 Å². The fraction of sp³-hybridized carbons (Fsp3) is 0.650. The second kappa shape index (κ2) is 8.97. The molecule has 1 aliphatic carbocycles. The molecular weight excluding hydrogens is 380 g/mol. The normalized spacial score (nSPS) is 22.4. The van der Waals surface area contributed by atoms with Crippen molar-refractivity contribution in [3.8, 4) is 0 Å². The van der Waals surface area contributed by atoms with E-state index in [1.54, 1.807) is 11.8 Å². The highest BCUT2D eigenvalue weighted by Crippen LogP contribution is 2.29. The van der Waals surface area contributed by atoms with Crippen molar-refractivity contribution >= 4 is 27.5 Å². The molecule has 1 aliphatic heterocycles. The Kier molecular flexibility index (Phi) is 6.87. The standard InChI is InChI=1S/C20H30N2O3S2/c1-21(13-16-7-9-19(26-2)10-8-16)14-20(23)22(17-5-3-4-6-17)18-11-12-27(24,25)15-18/h7-10,17-18H,3-6,11-15H2,1-2H3/t18-/m1/s1. The van der Waals surface area contributed by atoms with Crippen LogP contribution >= 0.6 is 11.8 Å². The predicted molar refractivity (Wildman–Crippen MR) is 111 cm³/mol. The fourth-order valence-corrected chi connectivity index (χ4v) is 6.41. The monoisotopic (exact) mass is 410 g/mol. The molecule has 1 saturated carbocycles. The van der Waals surface area contributed by atoms with Gasteiger partial charge in [0.15, 0.2) is 9.84 Å². The van der Waals surface area contributed by atoms with Gasteiger partial charge in [0.2, 0.25) is 5.91 Å². The van der Waals surface area contributed by atoms with Crippen LogP contribution in [0, 0.1) is 0 Å². The average molecular weight is 411 g/mol. The smallest absolute Gasteiger partial charge is 0.237 e. The predicted octanol–water partition coefficient (Wildman–Crippen LogP) is 2.80. The molecule has 5 nitrogen and oxygen atoms in total. The van der Waals surface area contributed by atoms with Crippen molar-refractivity contribution in [1.82, 2.24) is 9.80 Å². The number of hydrogen-bond donors (Lipinski definition) is 0. The van der Waals surface area contributed by atoms with Gasteiger partial charge in [-0.05, 0) is 50.3 Å². The van der Waals surface area contributed by atoms with Crippen LogP contribution in [0.1, 0.15) is 37.7 Å². The molecule has 3 rings (SSSR count). The van der Waals surface area contributed by atoms with Crippen molar-refractivity contribution < 1.29 is 13.2 Å². The molecule has 1 aromatic rings. The number of nitrogens with zero attached hydrogens (tertiary/aromatic N) is 2. The number of sulfone groups is 1. The number of amides is 1. The molecule has 0 radical (unpaired) electrons. The van der Waals surface area contributed by atoms with Crippen LogP contribution in [-0.4, -0.2) is 67.6 Å². The first-order valence-corrected chi connectivity index (χ1v) is 12.8. The van der Waals surface area contributed by atoms with Crippen molar-refractivity contribution in [3.63, 3.8) is 0 Å². The Morgan fingerprint density at radius 3 is 2.33 bits per heavy atom. The lowest BCUT2D eigenvalue weighted by atomic mass is 10.1. The van der Waals surface area contributed by atoms with Gasteiger partial charge in [-0.2, -0.15) is 0 Å². The van der Waals surface area contributed by atoms with Crippen LogP contribution in [0.4, 0.5) is 0 Å². The van der Waals surface area contributed by atoms with E-state index in [1.807, 2.05) is 16.8 Å². The fourth-order valence-electron chi connectivity index (χ4n) is 4.29. The average Bonchev–Trinajstić information content (AvgIpc) is 3.26.